The van der Waals surface area contributed by atoms with Gasteiger partial charge in [-0.15, -0.1) is 0 Å². The maximum Gasteiger partial charge on any atom is 0.387 e. The average Bonchev–Trinajstić information content (AvgIpc) is 2.89. The Kier molecular flexibility index (Phi) is 4.92. The van der Waals surface area contributed by atoms with Gasteiger partial charge in [0.1, 0.15) is 22.8 Å². The molecule has 0 saturated heterocycles. The minimum atomic E-state index is -3.23. The van der Waals surface area contributed by atoms with Crippen LogP contribution in [0.2, 0.25) is 0 Å². The Balaban J connectivity index is 2.34. The zero-order valence-electron chi connectivity index (χ0n) is 14.0. The molecular weight excluding hydrogens is 430 g/mol. The van der Waals surface area contributed by atoms with E-state index >= 15 is 0 Å². The number of rotatable bonds is 5. The van der Waals surface area contributed by atoms with E-state index in [1.807, 2.05) is 0 Å². The second kappa shape index (κ2) is 7.03. The predicted octanol–water partition coefficient (Wildman–Crippen LogP) is 4.02. The lowest BCUT2D eigenvalue weighted by Gasteiger charge is -2.14. The number of hydrogen-bond donors (Lipinski definition) is 2. The highest BCUT2D eigenvalue weighted by Crippen LogP contribution is 2.41. The smallest absolute Gasteiger partial charge is 0.387 e. The molecule has 2 N–H and O–H groups in total. The Morgan fingerprint density at radius 1 is 1.26 bits per heavy atom. The molecule has 0 unspecified atom stereocenters. The number of aryl methyl sites for hydroxylation is 1. The van der Waals surface area contributed by atoms with Gasteiger partial charge in [-0.1, -0.05) is 15.9 Å². The van der Waals surface area contributed by atoms with Crippen molar-refractivity contribution < 1.29 is 33.3 Å². The molecule has 0 spiro atoms. The van der Waals surface area contributed by atoms with E-state index in [4.69, 9.17) is 4.74 Å². The van der Waals surface area contributed by atoms with E-state index in [1.54, 1.807) is 13.1 Å². The molecule has 3 aromatic rings. The van der Waals surface area contributed by atoms with Crippen LogP contribution in [0.3, 0.4) is 0 Å². The van der Waals surface area contributed by atoms with Crippen molar-refractivity contribution in [3.05, 3.63) is 34.3 Å². The zero-order chi connectivity index (χ0) is 19.9. The molecule has 10 heteroatoms. The molecular formula is C17H13BrF2N2O5. The van der Waals surface area contributed by atoms with Crippen molar-refractivity contribution >= 4 is 32.8 Å². The fourth-order valence-electron chi connectivity index (χ4n) is 2.89. The molecule has 0 aliphatic carbocycles. The van der Waals surface area contributed by atoms with Crippen molar-refractivity contribution in [2.75, 3.05) is 7.11 Å². The summed E-state index contributed by atoms with van der Waals surface area (Å²) < 4.78 is 37.1. The number of carboxylic acids is 1. The predicted molar refractivity (Wildman–Crippen MR) is 95.7 cm³/mol. The molecule has 0 aliphatic heterocycles. The quantitative estimate of drug-likeness (QED) is 0.619. The molecule has 0 atom stereocenters. The van der Waals surface area contributed by atoms with Gasteiger partial charge in [0.15, 0.2) is 0 Å². The first-order chi connectivity index (χ1) is 12.7. The van der Waals surface area contributed by atoms with Crippen LogP contribution in [0.4, 0.5) is 8.78 Å². The number of aromatic carboxylic acids is 1. The first kappa shape index (κ1) is 18.9. The van der Waals surface area contributed by atoms with Crippen LogP contribution in [0.1, 0.15) is 10.4 Å². The highest BCUT2D eigenvalue weighted by Gasteiger charge is 2.25. The highest BCUT2D eigenvalue weighted by molar-refractivity contribution is 9.10. The topological polar surface area (TPSA) is 93.8 Å². The number of ether oxygens (including phenoxy) is 2. The summed E-state index contributed by atoms with van der Waals surface area (Å²) in [5.74, 6) is -2.28. The molecule has 0 aliphatic rings. The molecule has 0 bridgehead atoms. The zero-order valence-corrected chi connectivity index (χ0v) is 15.6. The van der Waals surface area contributed by atoms with Gasteiger partial charge >= 0.3 is 12.6 Å². The Morgan fingerprint density at radius 3 is 2.52 bits per heavy atom. The minimum absolute atomic E-state index is 0.0833. The van der Waals surface area contributed by atoms with E-state index in [9.17, 15) is 23.8 Å². The third kappa shape index (κ3) is 3.39. The second-order valence-electron chi connectivity index (χ2n) is 5.53. The third-order valence-electron chi connectivity index (χ3n) is 3.87. The number of halogens is 3. The number of methoxy groups -OCH3 is 1. The summed E-state index contributed by atoms with van der Waals surface area (Å²) in [6.07, 6.45) is 0. The summed E-state index contributed by atoms with van der Waals surface area (Å²) in [5.41, 5.74) is 0.594. The Hall–Kier alpha value is -2.88. The number of hydrogen-bond acceptors (Lipinski definition) is 5. The summed E-state index contributed by atoms with van der Waals surface area (Å²) in [7, 11) is 2.82. The summed E-state index contributed by atoms with van der Waals surface area (Å²) >= 11 is 3.26. The monoisotopic (exact) mass is 442 g/mol. The van der Waals surface area contributed by atoms with E-state index in [1.165, 1.54) is 23.9 Å². The molecule has 7 nitrogen and oxygen atoms in total. The number of carbonyl (C=O) groups is 1. The minimum Gasteiger partial charge on any atom is -0.507 e. The van der Waals surface area contributed by atoms with Crippen molar-refractivity contribution in [1.82, 2.24) is 9.78 Å². The number of fused-ring (bicyclic) bond motifs is 1. The van der Waals surface area contributed by atoms with Gasteiger partial charge in [-0.05, 0) is 24.3 Å². The van der Waals surface area contributed by atoms with Gasteiger partial charge in [0.25, 0.3) is 0 Å². The van der Waals surface area contributed by atoms with Crippen LogP contribution >= 0.6 is 15.9 Å². The summed E-state index contributed by atoms with van der Waals surface area (Å²) in [6.45, 7) is -3.23. The lowest BCUT2D eigenvalue weighted by molar-refractivity contribution is -0.0504. The van der Waals surface area contributed by atoms with Crippen LogP contribution in [-0.2, 0) is 7.05 Å². The van der Waals surface area contributed by atoms with Gasteiger partial charge < -0.3 is 19.7 Å². The fraction of sp³-hybridized carbons (Fsp3) is 0.176. The molecule has 0 radical (unpaired) electrons. The highest BCUT2D eigenvalue weighted by atomic mass is 79.9. The number of phenols is 1. The molecule has 27 heavy (non-hydrogen) atoms. The van der Waals surface area contributed by atoms with Crippen molar-refractivity contribution in [3.63, 3.8) is 0 Å². The molecule has 0 fully saturated rings. The first-order valence-electron chi connectivity index (χ1n) is 7.48. The van der Waals surface area contributed by atoms with Gasteiger partial charge in [-0.3, -0.25) is 4.68 Å². The van der Waals surface area contributed by atoms with Gasteiger partial charge in [0.2, 0.25) is 0 Å². The molecule has 3 rings (SSSR count). The number of aromatic hydroxyl groups is 1. The Labute approximate surface area is 159 Å². The number of nitrogens with zero attached hydrogens (tertiary/aromatic N) is 2. The number of carboxylic acid groups (broad SMARTS) is 1. The lowest BCUT2D eigenvalue weighted by atomic mass is 10.0. The number of benzene rings is 2. The van der Waals surface area contributed by atoms with Crippen LogP contribution in [0, 0.1) is 0 Å². The molecule has 142 valence electrons. The fourth-order valence-corrected chi connectivity index (χ4v) is 3.33. The first-order valence-corrected chi connectivity index (χ1v) is 8.28. The standard InChI is InChI=1S/C17H13BrF2N2O5/c1-22-15(13-9(21-22)5-8(18)6-10(13)23)7-3-11(26-2)14(16(24)25)12(4-7)27-17(19)20/h3-6,17,23H,1-2H3,(H,24,25). The number of alkyl halides is 2. The molecule has 0 amide bonds. The van der Waals surface area contributed by atoms with Crippen molar-refractivity contribution in [3.8, 4) is 28.5 Å². The van der Waals surface area contributed by atoms with E-state index in [0.29, 0.717) is 21.1 Å². The molecule has 2 aromatic carbocycles. The van der Waals surface area contributed by atoms with Crippen molar-refractivity contribution in [1.29, 1.82) is 0 Å². The largest absolute Gasteiger partial charge is 0.507 e. The van der Waals surface area contributed by atoms with Crippen LogP contribution in [0.15, 0.2) is 28.7 Å². The van der Waals surface area contributed by atoms with E-state index in [0.717, 1.165) is 6.07 Å². The summed E-state index contributed by atoms with van der Waals surface area (Å²) in [6, 6.07) is 5.65. The number of aromatic nitrogens is 2. The third-order valence-corrected chi connectivity index (χ3v) is 4.33. The number of phenolic OH excluding ortho intramolecular Hbond substituents is 1. The molecule has 1 aromatic heterocycles. The summed E-state index contributed by atoms with van der Waals surface area (Å²) in [5, 5.41) is 24.3. The Morgan fingerprint density at radius 2 is 1.93 bits per heavy atom. The SMILES string of the molecule is COc1cc(-c2c3c(O)cc(Br)cc3nn2C)cc(OC(F)F)c1C(=O)O. The Bertz CT molecular complexity index is 1050. The van der Waals surface area contributed by atoms with Crippen molar-refractivity contribution in [2.45, 2.75) is 6.61 Å². The maximum absolute atomic E-state index is 12.8. The van der Waals surface area contributed by atoms with Gasteiger partial charge in [-0.2, -0.15) is 13.9 Å². The van der Waals surface area contributed by atoms with Crippen LogP contribution < -0.4 is 9.47 Å². The second-order valence-corrected chi connectivity index (χ2v) is 6.44. The van der Waals surface area contributed by atoms with E-state index in [-0.39, 0.29) is 17.1 Å². The lowest BCUT2D eigenvalue weighted by Crippen LogP contribution is -2.10. The van der Waals surface area contributed by atoms with Crippen LogP contribution in [-0.4, -0.2) is 39.7 Å². The van der Waals surface area contributed by atoms with Crippen LogP contribution in [0.5, 0.6) is 17.2 Å². The van der Waals surface area contributed by atoms with E-state index in [2.05, 4.69) is 25.8 Å². The maximum atomic E-state index is 12.8. The van der Waals surface area contributed by atoms with Crippen LogP contribution in [0.25, 0.3) is 22.2 Å². The average molecular weight is 443 g/mol. The normalized spacial score (nSPS) is 11.2. The molecule has 0 saturated carbocycles. The molecule has 1 heterocycles. The van der Waals surface area contributed by atoms with E-state index < -0.39 is 23.9 Å². The van der Waals surface area contributed by atoms with Gasteiger partial charge in [-0.25, -0.2) is 4.79 Å². The van der Waals surface area contributed by atoms with Crippen molar-refractivity contribution in [2.24, 2.45) is 7.05 Å². The summed E-state index contributed by atoms with van der Waals surface area (Å²) in [4.78, 5) is 11.5. The van der Waals surface area contributed by atoms with Gasteiger partial charge in [0, 0.05) is 17.1 Å². The van der Waals surface area contributed by atoms with Gasteiger partial charge in [0.05, 0.1) is 23.7 Å².